The SMILES string of the molecule is NC(=O)c1ccc(C#Cc2ccccc2)o1. The molecule has 2 rings (SSSR count). The van der Waals surface area contributed by atoms with E-state index < -0.39 is 5.91 Å². The fourth-order valence-electron chi connectivity index (χ4n) is 1.19. The summed E-state index contributed by atoms with van der Waals surface area (Å²) in [4.78, 5) is 10.8. The van der Waals surface area contributed by atoms with Crippen LogP contribution in [0.2, 0.25) is 0 Å². The third-order valence-corrected chi connectivity index (χ3v) is 1.95. The summed E-state index contributed by atoms with van der Waals surface area (Å²) >= 11 is 0. The maximum absolute atomic E-state index is 10.8. The van der Waals surface area contributed by atoms with E-state index in [0.717, 1.165) is 5.56 Å². The highest BCUT2D eigenvalue weighted by Gasteiger charge is 2.04. The lowest BCUT2D eigenvalue weighted by Gasteiger charge is -1.86. The van der Waals surface area contributed by atoms with Gasteiger partial charge in [0.25, 0.3) is 5.91 Å². The van der Waals surface area contributed by atoms with Crippen LogP contribution in [0.15, 0.2) is 46.9 Å². The smallest absolute Gasteiger partial charge is 0.284 e. The largest absolute Gasteiger partial charge is 0.443 e. The van der Waals surface area contributed by atoms with Crippen LogP contribution in [-0.4, -0.2) is 5.91 Å². The van der Waals surface area contributed by atoms with Crippen molar-refractivity contribution in [1.29, 1.82) is 0 Å². The van der Waals surface area contributed by atoms with Crippen molar-refractivity contribution in [3.05, 3.63) is 59.5 Å². The van der Waals surface area contributed by atoms with E-state index in [0.29, 0.717) is 5.76 Å². The van der Waals surface area contributed by atoms with Crippen molar-refractivity contribution < 1.29 is 9.21 Å². The molecule has 0 aliphatic heterocycles. The number of carbonyl (C=O) groups excluding carboxylic acids is 1. The first-order valence-electron chi connectivity index (χ1n) is 4.72. The molecule has 78 valence electrons. The fourth-order valence-corrected chi connectivity index (χ4v) is 1.19. The van der Waals surface area contributed by atoms with Gasteiger partial charge in [-0.05, 0) is 30.2 Å². The molecule has 0 spiro atoms. The van der Waals surface area contributed by atoms with Crippen LogP contribution in [0.5, 0.6) is 0 Å². The van der Waals surface area contributed by atoms with Crippen molar-refractivity contribution >= 4 is 5.91 Å². The highest BCUT2D eigenvalue weighted by Crippen LogP contribution is 2.05. The van der Waals surface area contributed by atoms with Gasteiger partial charge >= 0.3 is 0 Å². The number of nitrogens with two attached hydrogens (primary N) is 1. The van der Waals surface area contributed by atoms with Gasteiger partial charge < -0.3 is 10.2 Å². The Kier molecular flexibility index (Phi) is 2.75. The van der Waals surface area contributed by atoms with E-state index in [1.807, 2.05) is 30.3 Å². The first-order chi connectivity index (χ1) is 7.75. The second kappa shape index (κ2) is 4.37. The molecule has 0 radical (unpaired) electrons. The van der Waals surface area contributed by atoms with Crippen molar-refractivity contribution in [2.24, 2.45) is 5.73 Å². The Balaban J connectivity index is 2.21. The van der Waals surface area contributed by atoms with Crippen LogP contribution < -0.4 is 5.73 Å². The summed E-state index contributed by atoms with van der Waals surface area (Å²) in [6, 6.07) is 12.6. The lowest BCUT2D eigenvalue weighted by molar-refractivity contribution is 0.0973. The van der Waals surface area contributed by atoms with Crippen LogP contribution in [-0.2, 0) is 0 Å². The van der Waals surface area contributed by atoms with Crippen LogP contribution in [0.1, 0.15) is 21.9 Å². The van der Waals surface area contributed by atoms with Gasteiger partial charge in [0.2, 0.25) is 0 Å². The number of furan rings is 1. The molecule has 2 N–H and O–H groups in total. The Morgan fingerprint density at radius 3 is 2.44 bits per heavy atom. The minimum Gasteiger partial charge on any atom is -0.443 e. The molecule has 0 fully saturated rings. The van der Waals surface area contributed by atoms with Crippen LogP contribution >= 0.6 is 0 Å². The molecule has 2 aromatic rings. The topological polar surface area (TPSA) is 56.2 Å². The van der Waals surface area contributed by atoms with Crippen molar-refractivity contribution in [2.75, 3.05) is 0 Å². The Hall–Kier alpha value is -2.47. The van der Waals surface area contributed by atoms with Gasteiger partial charge in [0.05, 0.1) is 0 Å². The summed E-state index contributed by atoms with van der Waals surface area (Å²) in [7, 11) is 0. The molecule has 0 aliphatic rings. The molecule has 3 heteroatoms. The zero-order valence-corrected chi connectivity index (χ0v) is 8.44. The Morgan fingerprint density at radius 1 is 1.06 bits per heavy atom. The number of hydrogen-bond acceptors (Lipinski definition) is 2. The van der Waals surface area contributed by atoms with E-state index >= 15 is 0 Å². The summed E-state index contributed by atoms with van der Waals surface area (Å²) in [5.41, 5.74) is 5.94. The van der Waals surface area contributed by atoms with Gasteiger partial charge in [-0.2, -0.15) is 0 Å². The maximum atomic E-state index is 10.8. The quantitative estimate of drug-likeness (QED) is 0.731. The highest BCUT2D eigenvalue weighted by molar-refractivity contribution is 5.89. The third-order valence-electron chi connectivity index (χ3n) is 1.95. The summed E-state index contributed by atoms with van der Waals surface area (Å²) < 4.78 is 5.12. The van der Waals surface area contributed by atoms with Crippen molar-refractivity contribution in [2.45, 2.75) is 0 Å². The zero-order valence-electron chi connectivity index (χ0n) is 8.44. The first-order valence-corrected chi connectivity index (χ1v) is 4.72. The molecule has 0 saturated heterocycles. The van der Waals surface area contributed by atoms with Crippen LogP contribution in [0.25, 0.3) is 0 Å². The molecule has 1 heterocycles. The predicted molar refractivity (Wildman–Crippen MR) is 59.6 cm³/mol. The van der Waals surface area contributed by atoms with Gasteiger partial charge in [-0.1, -0.05) is 24.1 Å². The average molecular weight is 211 g/mol. The van der Waals surface area contributed by atoms with E-state index in [2.05, 4.69) is 11.8 Å². The van der Waals surface area contributed by atoms with Crippen molar-refractivity contribution in [3.63, 3.8) is 0 Å². The van der Waals surface area contributed by atoms with E-state index in [9.17, 15) is 4.79 Å². The zero-order chi connectivity index (χ0) is 11.4. The minimum absolute atomic E-state index is 0.123. The number of hydrogen-bond donors (Lipinski definition) is 1. The summed E-state index contributed by atoms with van der Waals surface area (Å²) in [6.45, 7) is 0. The van der Waals surface area contributed by atoms with Gasteiger partial charge in [-0.3, -0.25) is 4.79 Å². The molecule has 0 unspecified atom stereocenters. The summed E-state index contributed by atoms with van der Waals surface area (Å²) in [6.07, 6.45) is 0. The second-order valence-corrected chi connectivity index (χ2v) is 3.14. The molecule has 3 nitrogen and oxygen atoms in total. The first kappa shape index (κ1) is 10.1. The summed E-state index contributed by atoms with van der Waals surface area (Å²) in [5, 5.41) is 0. The van der Waals surface area contributed by atoms with Crippen molar-refractivity contribution in [3.8, 4) is 11.8 Å². The lowest BCUT2D eigenvalue weighted by atomic mass is 10.2. The van der Waals surface area contributed by atoms with E-state index in [1.165, 1.54) is 6.07 Å². The highest BCUT2D eigenvalue weighted by atomic mass is 16.3. The normalized spacial score (nSPS) is 9.25. The van der Waals surface area contributed by atoms with Gasteiger partial charge in [-0.15, -0.1) is 0 Å². The van der Waals surface area contributed by atoms with Crippen molar-refractivity contribution in [1.82, 2.24) is 0 Å². The average Bonchev–Trinajstić information content (AvgIpc) is 2.76. The molecule has 1 amide bonds. The molecule has 16 heavy (non-hydrogen) atoms. The van der Waals surface area contributed by atoms with Crippen LogP contribution in [0.3, 0.4) is 0 Å². The maximum Gasteiger partial charge on any atom is 0.284 e. The molecule has 0 aliphatic carbocycles. The van der Waals surface area contributed by atoms with Gasteiger partial charge in [0.15, 0.2) is 11.5 Å². The monoisotopic (exact) mass is 211 g/mol. The molecule has 1 aromatic heterocycles. The summed E-state index contributed by atoms with van der Waals surface area (Å²) in [5.74, 6) is 5.69. The number of primary amides is 1. The molecular formula is C13H9NO2. The van der Waals surface area contributed by atoms with Gasteiger partial charge in [-0.25, -0.2) is 0 Å². The molecular weight excluding hydrogens is 202 g/mol. The third kappa shape index (κ3) is 2.31. The van der Waals surface area contributed by atoms with E-state index in [4.69, 9.17) is 10.2 Å². The van der Waals surface area contributed by atoms with Crippen LogP contribution in [0.4, 0.5) is 0 Å². The predicted octanol–water partition coefficient (Wildman–Crippen LogP) is 1.78. The number of rotatable bonds is 1. The Morgan fingerprint density at radius 2 is 1.81 bits per heavy atom. The molecule has 0 saturated carbocycles. The standard InChI is InChI=1S/C13H9NO2/c14-13(15)12-9-8-11(16-12)7-6-10-4-2-1-3-5-10/h1-5,8-9H,(H2,14,15). The lowest BCUT2D eigenvalue weighted by Crippen LogP contribution is -2.09. The van der Waals surface area contributed by atoms with Gasteiger partial charge in [0, 0.05) is 5.56 Å². The fraction of sp³-hybridized carbons (Fsp3) is 0. The van der Waals surface area contributed by atoms with Crippen LogP contribution in [0, 0.1) is 11.8 Å². The van der Waals surface area contributed by atoms with E-state index in [1.54, 1.807) is 6.07 Å². The molecule has 0 atom stereocenters. The number of amides is 1. The Bertz CT molecular complexity index is 558. The van der Waals surface area contributed by atoms with Gasteiger partial charge in [0.1, 0.15) is 0 Å². The molecule has 0 bridgehead atoms. The minimum atomic E-state index is -0.590. The molecule has 1 aromatic carbocycles. The second-order valence-electron chi connectivity index (χ2n) is 3.14. The Labute approximate surface area is 92.9 Å². The number of carbonyl (C=O) groups is 1. The number of benzene rings is 1. The van der Waals surface area contributed by atoms with E-state index in [-0.39, 0.29) is 5.76 Å².